The molecule has 14 heavy (non-hydrogen) atoms. The van der Waals surface area contributed by atoms with E-state index in [1.807, 2.05) is 0 Å². The van der Waals surface area contributed by atoms with Gasteiger partial charge in [0, 0.05) is 6.42 Å². The zero-order valence-corrected chi connectivity index (χ0v) is 8.84. The SMILES string of the molecule is C=C1Cc2c(C)cccc2CO1.CN. The zero-order valence-electron chi connectivity index (χ0n) is 8.84. The fourth-order valence-electron chi connectivity index (χ4n) is 1.58. The molecule has 2 N–H and O–H groups in total. The van der Waals surface area contributed by atoms with Gasteiger partial charge in [-0.2, -0.15) is 0 Å². The molecule has 0 atom stereocenters. The van der Waals surface area contributed by atoms with Gasteiger partial charge in [0.05, 0.1) is 5.76 Å². The summed E-state index contributed by atoms with van der Waals surface area (Å²) >= 11 is 0. The van der Waals surface area contributed by atoms with E-state index in [1.165, 1.54) is 23.7 Å². The molecule has 0 saturated heterocycles. The van der Waals surface area contributed by atoms with Crippen LogP contribution in [0, 0.1) is 6.92 Å². The summed E-state index contributed by atoms with van der Waals surface area (Å²) < 4.78 is 5.36. The minimum absolute atomic E-state index is 0.690. The number of rotatable bonds is 0. The lowest BCUT2D eigenvalue weighted by molar-refractivity contribution is 0.182. The normalized spacial score (nSPS) is 13.5. The molecule has 1 aromatic carbocycles. The molecular formula is C12H17NO. The molecule has 0 radical (unpaired) electrons. The number of hydrogen-bond acceptors (Lipinski definition) is 2. The van der Waals surface area contributed by atoms with Crippen LogP contribution < -0.4 is 5.73 Å². The fraction of sp³-hybridized carbons (Fsp3) is 0.333. The Kier molecular flexibility index (Phi) is 3.72. The maximum Gasteiger partial charge on any atom is 0.113 e. The summed E-state index contributed by atoms with van der Waals surface area (Å²) in [6.45, 7) is 6.66. The minimum Gasteiger partial charge on any atom is -0.494 e. The lowest BCUT2D eigenvalue weighted by Gasteiger charge is -2.20. The van der Waals surface area contributed by atoms with Crippen molar-refractivity contribution in [3.63, 3.8) is 0 Å². The molecule has 1 heterocycles. The van der Waals surface area contributed by atoms with Gasteiger partial charge in [-0.1, -0.05) is 24.8 Å². The fourth-order valence-corrected chi connectivity index (χ4v) is 1.58. The van der Waals surface area contributed by atoms with Crippen molar-refractivity contribution in [1.82, 2.24) is 0 Å². The molecule has 2 nitrogen and oxygen atoms in total. The molecule has 2 rings (SSSR count). The van der Waals surface area contributed by atoms with Crippen LogP contribution in [0.5, 0.6) is 0 Å². The monoisotopic (exact) mass is 191 g/mol. The predicted octanol–water partition coefficient (Wildman–Crippen LogP) is 2.16. The Morgan fingerprint density at radius 1 is 1.36 bits per heavy atom. The van der Waals surface area contributed by atoms with E-state index in [-0.39, 0.29) is 0 Å². The minimum atomic E-state index is 0.690. The summed E-state index contributed by atoms with van der Waals surface area (Å²) in [7, 11) is 1.50. The highest BCUT2D eigenvalue weighted by molar-refractivity contribution is 5.37. The molecule has 0 fully saturated rings. The summed E-state index contributed by atoms with van der Waals surface area (Å²) in [6, 6.07) is 6.33. The first kappa shape index (κ1) is 10.8. The van der Waals surface area contributed by atoms with E-state index in [9.17, 15) is 0 Å². The Bertz CT molecular complexity index is 331. The predicted molar refractivity (Wildman–Crippen MR) is 58.9 cm³/mol. The van der Waals surface area contributed by atoms with Gasteiger partial charge in [-0.05, 0) is 30.7 Å². The highest BCUT2D eigenvalue weighted by Crippen LogP contribution is 2.24. The molecule has 1 aliphatic heterocycles. The first-order valence-corrected chi connectivity index (χ1v) is 4.73. The number of allylic oxidation sites excluding steroid dienone is 1. The topological polar surface area (TPSA) is 35.2 Å². The lowest BCUT2D eigenvalue weighted by Crippen LogP contribution is -2.08. The number of fused-ring (bicyclic) bond motifs is 1. The van der Waals surface area contributed by atoms with Crippen LogP contribution in [0.15, 0.2) is 30.5 Å². The van der Waals surface area contributed by atoms with Gasteiger partial charge in [0.25, 0.3) is 0 Å². The van der Waals surface area contributed by atoms with E-state index >= 15 is 0 Å². The van der Waals surface area contributed by atoms with Gasteiger partial charge in [0.15, 0.2) is 0 Å². The average molecular weight is 191 g/mol. The Morgan fingerprint density at radius 3 is 2.79 bits per heavy atom. The van der Waals surface area contributed by atoms with Gasteiger partial charge in [-0.15, -0.1) is 0 Å². The van der Waals surface area contributed by atoms with E-state index in [4.69, 9.17) is 4.74 Å². The van der Waals surface area contributed by atoms with Gasteiger partial charge in [-0.25, -0.2) is 0 Å². The van der Waals surface area contributed by atoms with Crippen molar-refractivity contribution in [3.8, 4) is 0 Å². The Balaban J connectivity index is 0.000000461. The molecule has 0 aliphatic carbocycles. The third kappa shape index (κ3) is 2.15. The maximum absolute atomic E-state index is 5.36. The van der Waals surface area contributed by atoms with Gasteiger partial charge < -0.3 is 10.5 Å². The van der Waals surface area contributed by atoms with E-state index in [0.717, 1.165) is 12.2 Å². The number of benzene rings is 1. The molecular weight excluding hydrogens is 174 g/mol. The van der Waals surface area contributed by atoms with Crippen molar-refractivity contribution in [3.05, 3.63) is 47.2 Å². The molecule has 2 heteroatoms. The van der Waals surface area contributed by atoms with Gasteiger partial charge in [0.2, 0.25) is 0 Å². The van der Waals surface area contributed by atoms with Crippen molar-refractivity contribution < 1.29 is 4.74 Å². The van der Waals surface area contributed by atoms with Crippen LogP contribution in [0.3, 0.4) is 0 Å². The zero-order chi connectivity index (χ0) is 10.6. The van der Waals surface area contributed by atoms with Gasteiger partial charge in [-0.3, -0.25) is 0 Å². The Hall–Kier alpha value is -1.28. The number of hydrogen-bond donors (Lipinski definition) is 1. The number of nitrogens with two attached hydrogens (primary N) is 1. The standard InChI is InChI=1S/C11H12O.CH5N/c1-8-4-3-5-10-7-12-9(2)6-11(8)10;1-2/h3-5H,2,6-7H2,1H3;2H2,1H3. The molecule has 0 unspecified atom stereocenters. The molecule has 76 valence electrons. The third-order valence-electron chi connectivity index (χ3n) is 2.31. The largest absolute Gasteiger partial charge is 0.494 e. The maximum atomic E-state index is 5.36. The van der Waals surface area contributed by atoms with Crippen LogP contribution in [-0.4, -0.2) is 7.05 Å². The quantitative estimate of drug-likeness (QED) is 0.682. The molecule has 0 saturated carbocycles. The summed E-state index contributed by atoms with van der Waals surface area (Å²) in [5.74, 6) is 0.886. The van der Waals surface area contributed by atoms with Crippen molar-refractivity contribution in [2.45, 2.75) is 20.0 Å². The van der Waals surface area contributed by atoms with Crippen molar-refractivity contribution in [1.29, 1.82) is 0 Å². The Morgan fingerprint density at radius 2 is 2.07 bits per heavy atom. The second-order valence-corrected chi connectivity index (χ2v) is 3.22. The van der Waals surface area contributed by atoms with E-state index in [2.05, 4.69) is 37.4 Å². The van der Waals surface area contributed by atoms with Crippen LogP contribution in [0.25, 0.3) is 0 Å². The van der Waals surface area contributed by atoms with Crippen molar-refractivity contribution in [2.24, 2.45) is 5.73 Å². The van der Waals surface area contributed by atoms with Gasteiger partial charge in [0.1, 0.15) is 6.61 Å². The lowest BCUT2D eigenvalue weighted by atomic mass is 9.97. The average Bonchev–Trinajstić information content (AvgIpc) is 2.22. The van der Waals surface area contributed by atoms with Crippen LogP contribution >= 0.6 is 0 Å². The van der Waals surface area contributed by atoms with Crippen molar-refractivity contribution in [2.75, 3.05) is 7.05 Å². The first-order valence-electron chi connectivity index (χ1n) is 4.73. The smallest absolute Gasteiger partial charge is 0.113 e. The molecule has 1 aliphatic rings. The number of ether oxygens (including phenoxy) is 1. The van der Waals surface area contributed by atoms with Crippen molar-refractivity contribution >= 4 is 0 Å². The third-order valence-corrected chi connectivity index (χ3v) is 2.31. The second kappa shape index (κ2) is 4.82. The van der Waals surface area contributed by atoms with Crippen LogP contribution in [0.2, 0.25) is 0 Å². The summed E-state index contributed by atoms with van der Waals surface area (Å²) in [4.78, 5) is 0. The summed E-state index contributed by atoms with van der Waals surface area (Å²) in [6.07, 6.45) is 0.877. The molecule has 0 amide bonds. The summed E-state index contributed by atoms with van der Waals surface area (Å²) in [5, 5.41) is 0. The van der Waals surface area contributed by atoms with Crippen LogP contribution in [0.1, 0.15) is 16.7 Å². The highest BCUT2D eigenvalue weighted by atomic mass is 16.5. The molecule has 1 aromatic rings. The number of aryl methyl sites for hydroxylation is 1. The van der Waals surface area contributed by atoms with E-state index in [1.54, 1.807) is 0 Å². The molecule has 0 bridgehead atoms. The van der Waals surface area contributed by atoms with Crippen LogP contribution in [0.4, 0.5) is 0 Å². The first-order chi connectivity index (χ1) is 6.77. The Labute approximate surface area is 85.4 Å². The second-order valence-electron chi connectivity index (χ2n) is 3.22. The van der Waals surface area contributed by atoms with Gasteiger partial charge >= 0.3 is 0 Å². The van der Waals surface area contributed by atoms with Crippen LogP contribution in [-0.2, 0) is 17.8 Å². The van der Waals surface area contributed by atoms with E-state index in [0.29, 0.717) is 6.61 Å². The molecule has 0 aromatic heterocycles. The highest BCUT2D eigenvalue weighted by Gasteiger charge is 2.13. The molecule has 0 spiro atoms. The van der Waals surface area contributed by atoms with E-state index < -0.39 is 0 Å². The summed E-state index contributed by atoms with van der Waals surface area (Å²) in [5.41, 5.74) is 8.55.